The van der Waals surface area contributed by atoms with Crippen LogP contribution in [0, 0.1) is 10.8 Å². The summed E-state index contributed by atoms with van der Waals surface area (Å²) in [7, 11) is -6.81. The normalized spacial score (nSPS) is 56.4. The van der Waals surface area contributed by atoms with Crippen LogP contribution in [0.2, 0.25) is 0 Å². The monoisotopic (exact) mass is 304 g/mol. The SMILES string of the molecule is O=S1(=O)C[C@]23CC[C@]2(CS(=O)(=O)[C@@H]3Cl)[C@H]1Cl. The van der Waals surface area contributed by atoms with Crippen LogP contribution in [0.25, 0.3) is 0 Å². The fraction of sp³-hybridized carbons (Fsp3) is 1.00. The largest absolute Gasteiger partial charge is 0.227 e. The topological polar surface area (TPSA) is 68.3 Å². The highest BCUT2D eigenvalue weighted by molar-refractivity contribution is 7.95. The molecule has 2 aliphatic heterocycles. The van der Waals surface area contributed by atoms with Crippen molar-refractivity contribution in [3.05, 3.63) is 0 Å². The highest BCUT2D eigenvalue weighted by Crippen LogP contribution is 2.73. The second-order valence-corrected chi connectivity index (χ2v) is 10.6. The molecule has 3 fully saturated rings. The van der Waals surface area contributed by atoms with Gasteiger partial charge in [-0.05, 0) is 12.8 Å². The molecule has 8 heteroatoms. The number of hydrogen-bond donors (Lipinski definition) is 0. The lowest BCUT2D eigenvalue weighted by Crippen LogP contribution is -2.53. The van der Waals surface area contributed by atoms with Gasteiger partial charge in [0.05, 0.1) is 11.5 Å². The van der Waals surface area contributed by atoms with E-state index in [1.54, 1.807) is 0 Å². The Morgan fingerprint density at radius 1 is 0.812 bits per heavy atom. The summed E-state index contributed by atoms with van der Waals surface area (Å²) in [6.07, 6.45) is 1.09. The molecule has 2 heterocycles. The molecule has 0 bridgehead atoms. The molecule has 3 aliphatic rings. The Hall–Kier alpha value is 0.480. The van der Waals surface area contributed by atoms with Crippen molar-refractivity contribution < 1.29 is 16.8 Å². The second kappa shape index (κ2) is 2.73. The molecule has 4 nitrogen and oxygen atoms in total. The van der Waals surface area contributed by atoms with E-state index in [-0.39, 0.29) is 11.5 Å². The molecule has 0 aromatic heterocycles. The third-order valence-corrected chi connectivity index (χ3v) is 10.9. The Morgan fingerprint density at radius 3 is 1.38 bits per heavy atom. The van der Waals surface area contributed by atoms with Crippen molar-refractivity contribution in [3.63, 3.8) is 0 Å². The van der Waals surface area contributed by atoms with E-state index >= 15 is 0 Å². The third kappa shape index (κ3) is 0.955. The summed E-state index contributed by atoms with van der Waals surface area (Å²) in [5.41, 5.74) is -1.64. The molecule has 1 saturated carbocycles. The van der Waals surface area contributed by atoms with Crippen LogP contribution in [0.5, 0.6) is 0 Å². The predicted molar refractivity (Wildman–Crippen MR) is 61.0 cm³/mol. The maximum atomic E-state index is 11.8. The van der Waals surface area contributed by atoms with Crippen molar-refractivity contribution in [1.82, 2.24) is 0 Å². The van der Waals surface area contributed by atoms with E-state index in [1.807, 2.05) is 0 Å². The average Bonchev–Trinajstić information content (AvgIpc) is 2.32. The first-order chi connectivity index (χ1) is 7.18. The lowest BCUT2D eigenvalue weighted by atomic mass is 9.53. The molecule has 16 heavy (non-hydrogen) atoms. The minimum Gasteiger partial charge on any atom is -0.227 e. The molecule has 2 saturated heterocycles. The Labute approximate surface area is 104 Å². The standard InChI is InChI=1S/C8H10Cl2O4S2/c9-5-7-1-2-8(7,4-16(5,13)14)6(10)15(11,12)3-7/h5-6H,1-4H2/t5-,6-,7-,8-/m0/s1. The smallest absolute Gasteiger partial charge is 0.168 e. The summed E-state index contributed by atoms with van der Waals surface area (Å²) < 4.78 is 45.0. The number of hydrogen-bond acceptors (Lipinski definition) is 4. The molecule has 0 amide bonds. The summed E-state index contributed by atoms with van der Waals surface area (Å²) in [4.78, 5) is 0. The van der Waals surface area contributed by atoms with Crippen LogP contribution in [-0.2, 0) is 19.7 Å². The minimum atomic E-state index is -3.41. The Morgan fingerprint density at radius 2 is 1.12 bits per heavy atom. The Kier molecular flexibility index (Phi) is 1.97. The molecule has 3 rings (SSSR count). The van der Waals surface area contributed by atoms with Crippen molar-refractivity contribution >= 4 is 42.9 Å². The first kappa shape index (κ1) is 11.6. The highest BCUT2D eigenvalue weighted by atomic mass is 35.5. The third-order valence-electron chi connectivity index (χ3n) is 4.43. The zero-order chi connectivity index (χ0) is 12.0. The van der Waals surface area contributed by atoms with Gasteiger partial charge < -0.3 is 0 Å². The van der Waals surface area contributed by atoms with Gasteiger partial charge in [0.2, 0.25) is 0 Å². The molecular weight excluding hydrogens is 295 g/mol. The van der Waals surface area contributed by atoms with Gasteiger partial charge >= 0.3 is 0 Å². The van der Waals surface area contributed by atoms with Crippen LogP contribution < -0.4 is 0 Å². The molecule has 0 aromatic rings. The first-order valence-corrected chi connectivity index (χ1v) is 9.20. The van der Waals surface area contributed by atoms with Gasteiger partial charge in [0.25, 0.3) is 0 Å². The minimum absolute atomic E-state index is 0.179. The van der Waals surface area contributed by atoms with E-state index in [9.17, 15) is 16.8 Å². The van der Waals surface area contributed by atoms with Gasteiger partial charge in [-0.1, -0.05) is 0 Å². The molecule has 0 unspecified atom stereocenters. The molecule has 4 atom stereocenters. The van der Waals surface area contributed by atoms with E-state index in [0.29, 0.717) is 12.8 Å². The van der Waals surface area contributed by atoms with Crippen LogP contribution in [0.1, 0.15) is 12.8 Å². The Bertz CT molecular complexity index is 517. The van der Waals surface area contributed by atoms with Crippen molar-refractivity contribution in [2.45, 2.75) is 22.3 Å². The summed E-state index contributed by atoms with van der Waals surface area (Å²) >= 11 is 11.9. The van der Waals surface area contributed by atoms with Crippen LogP contribution in [0.15, 0.2) is 0 Å². The van der Waals surface area contributed by atoms with Crippen molar-refractivity contribution in [1.29, 1.82) is 0 Å². The Balaban J connectivity index is 2.25. The van der Waals surface area contributed by atoms with Gasteiger partial charge in [-0.15, -0.1) is 23.2 Å². The van der Waals surface area contributed by atoms with E-state index in [0.717, 1.165) is 0 Å². The van der Waals surface area contributed by atoms with Crippen LogP contribution in [0.4, 0.5) is 0 Å². The molecule has 0 aromatic carbocycles. The second-order valence-electron chi connectivity index (χ2n) is 5.06. The molecule has 92 valence electrons. The van der Waals surface area contributed by atoms with Crippen molar-refractivity contribution in [2.24, 2.45) is 10.8 Å². The summed E-state index contributed by atoms with van der Waals surface area (Å²) in [5.74, 6) is -0.358. The summed E-state index contributed by atoms with van der Waals surface area (Å²) in [6.45, 7) is 0. The van der Waals surface area contributed by atoms with Crippen molar-refractivity contribution in [2.75, 3.05) is 11.5 Å². The summed E-state index contributed by atoms with van der Waals surface area (Å²) in [5, 5.41) is 0. The fourth-order valence-electron chi connectivity index (χ4n) is 3.56. The summed E-state index contributed by atoms with van der Waals surface area (Å²) in [6, 6.07) is 0. The molecule has 0 N–H and O–H groups in total. The number of alkyl halides is 2. The van der Waals surface area contributed by atoms with E-state index in [1.165, 1.54) is 0 Å². The van der Waals surface area contributed by atoms with Gasteiger partial charge in [0, 0.05) is 10.8 Å². The lowest BCUT2D eigenvalue weighted by Gasteiger charge is -2.50. The highest BCUT2D eigenvalue weighted by Gasteiger charge is 2.80. The molecule has 0 radical (unpaired) electrons. The first-order valence-electron chi connectivity index (χ1n) is 4.89. The van der Waals surface area contributed by atoms with Crippen LogP contribution in [-0.4, -0.2) is 37.8 Å². The maximum Gasteiger partial charge on any atom is 0.168 e. The van der Waals surface area contributed by atoms with Gasteiger partial charge in [-0.3, -0.25) is 0 Å². The zero-order valence-electron chi connectivity index (χ0n) is 8.19. The lowest BCUT2D eigenvalue weighted by molar-refractivity contribution is 0.00939. The van der Waals surface area contributed by atoms with E-state index in [2.05, 4.69) is 0 Å². The van der Waals surface area contributed by atoms with Crippen LogP contribution >= 0.6 is 23.2 Å². The van der Waals surface area contributed by atoms with Gasteiger partial charge in [-0.25, -0.2) is 16.8 Å². The number of rotatable bonds is 0. The molecule has 1 aliphatic carbocycles. The van der Waals surface area contributed by atoms with E-state index < -0.39 is 39.9 Å². The predicted octanol–water partition coefficient (Wildman–Crippen LogP) is 0.740. The molecule has 0 spiro atoms. The van der Waals surface area contributed by atoms with Crippen molar-refractivity contribution in [3.8, 4) is 0 Å². The van der Waals surface area contributed by atoms with E-state index in [4.69, 9.17) is 23.2 Å². The van der Waals surface area contributed by atoms with Gasteiger partial charge in [-0.2, -0.15) is 0 Å². The number of halogens is 2. The maximum absolute atomic E-state index is 11.8. The molecular formula is C8H10Cl2O4S2. The zero-order valence-corrected chi connectivity index (χ0v) is 11.3. The van der Waals surface area contributed by atoms with Gasteiger partial charge in [0.15, 0.2) is 19.7 Å². The average molecular weight is 305 g/mol. The quantitative estimate of drug-likeness (QED) is 0.619. The number of sulfone groups is 2. The van der Waals surface area contributed by atoms with Gasteiger partial charge in [0.1, 0.15) is 9.42 Å². The fourth-order valence-corrected chi connectivity index (χ4v) is 10.3. The van der Waals surface area contributed by atoms with Crippen LogP contribution in [0.3, 0.4) is 0 Å².